The van der Waals surface area contributed by atoms with E-state index < -0.39 is 17.6 Å². The standard InChI is InChI=1S/C19H13ClF2N2O3/c20-17-13(14(21)5-6-15(17)22)9-27-16-7-10(8-24-18(16)23)11-3-1-2-4-12(11)19(25)26/h1-8H,9H2,(H2,23,24)(H,25,26). The number of pyridine rings is 1. The minimum Gasteiger partial charge on any atom is -0.485 e. The number of rotatable bonds is 5. The van der Waals surface area contributed by atoms with Gasteiger partial charge in [0, 0.05) is 17.3 Å². The number of anilines is 1. The topological polar surface area (TPSA) is 85.4 Å². The minimum atomic E-state index is -1.10. The van der Waals surface area contributed by atoms with E-state index in [2.05, 4.69) is 4.98 Å². The van der Waals surface area contributed by atoms with Crippen molar-refractivity contribution in [2.24, 2.45) is 0 Å². The van der Waals surface area contributed by atoms with Crippen molar-refractivity contribution in [3.05, 3.63) is 76.4 Å². The van der Waals surface area contributed by atoms with Crippen molar-refractivity contribution in [1.82, 2.24) is 4.98 Å². The number of carboxylic acid groups (broad SMARTS) is 1. The molecule has 3 N–H and O–H groups in total. The van der Waals surface area contributed by atoms with Crippen LogP contribution in [0.4, 0.5) is 14.6 Å². The normalized spacial score (nSPS) is 10.6. The van der Waals surface area contributed by atoms with Gasteiger partial charge in [0.1, 0.15) is 18.2 Å². The van der Waals surface area contributed by atoms with Gasteiger partial charge in [-0.3, -0.25) is 0 Å². The first-order valence-electron chi connectivity index (χ1n) is 7.72. The van der Waals surface area contributed by atoms with Gasteiger partial charge in [-0.05, 0) is 29.8 Å². The number of nitrogens with two attached hydrogens (primary N) is 1. The molecule has 0 amide bonds. The Labute approximate surface area is 158 Å². The summed E-state index contributed by atoms with van der Waals surface area (Å²) in [5.74, 6) is -2.49. The summed E-state index contributed by atoms with van der Waals surface area (Å²) in [5.41, 5.74) is 6.56. The van der Waals surface area contributed by atoms with Gasteiger partial charge in [0.15, 0.2) is 11.6 Å². The summed E-state index contributed by atoms with van der Waals surface area (Å²) in [6.07, 6.45) is 1.40. The quantitative estimate of drug-likeness (QED) is 0.625. The lowest BCUT2D eigenvalue weighted by Crippen LogP contribution is -2.05. The van der Waals surface area contributed by atoms with Crippen LogP contribution in [0.25, 0.3) is 11.1 Å². The van der Waals surface area contributed by atoms with E-state index in [-0.39, 0.29) is 34.3 Å². The van der Waals surface area contributed by atoms with Gasteiger partial charge >= 0.3 is 5.97 Å². The predicted molar refractivity (Wildman–Crippen MR) is 96.7 cm³/mol. The third kappa shape index (κ3) is 3.83. The van der Waals surface area contributed by atoms with E-state index in [1.165, 1.54) is 18.3 Å². The minimum absolute atomic E-state index is 0.0134. The molecule has 138 valence electrons. The van der Waals surface area contributed by atoms with Gasteiger partial charge in [0.25, 0.3) is 0 Å². The van der Waals surface area contributed by atoms with E-state index in [4.69, 9.17) is 22.1 Å². The largest absolute Gasteiger partial charge is 0.485 e. The number of hydrogen-bond acceptors (Lipinski definition) is 4. The number of carbonyl (C=O) groups is 1. The highest BCUT2D eigenvalue weighted by Gasteiger charge is 2.16. The summed E-state index contributed by atoms with van der Waals surface area (Å²) in [7, 11) is 0. The molecule has 3 aromatic rings. The molecule has 27 heavy (non-hydrogen) atoms. The van der Waals surface area contributed by atoms with Crippen LogP contribution >= 0.6 is 11.6 Å². The second-order valence-corrected chi connectivity index (χ2v) is 5.95. The number of aromatic carboxylic acids is 1. The van der Waals surface area contributed by atoms with E-state index in [1.54, 1.807) is 18.2 Å². The molecule has 1 heterocycles. The lowest BCUT2D eigenvalue weighted by Gasteiger charge is -2.13. The third-order valence-corrected chi connectivity index (χ3v) is 4.27. The molecule has 3 rings (SSSR count). The van der Waals surface area contributed by atoms with Crippen LogP contribution in [0.15, 0.2) is 48.7 Å². The average Bonchev–Trinajstić information content (AvgIpc) is 2.66. The van der Waals surface area contributed by atoms with Crippen molar-refractivity contribution < 1.29 is 23.4 Å². The van der Waals surface area contributed by atoms with Crippen LogP contribution in [0.2, 0.25) is 5.02 Å². The maximum Gasteiger partial charge on any atom is 0.336 e. The van der Waals surface area contributed by atoms with Crippen molar-refractivity contribution in [3.63, 3.8) is 0 Å². The summed E-state index contributed by atoms with van der Waals surface area (Å²) >= 11 is 5.78. The number of ether oxygens (including phenoxy) is 1. The second-order valence-electron chi connectivity index (χ2n) is 5.57. The Morgan fingerprint density at radius 1 is 1.19 bits per heavy atom. The maximum absolute atomic E-state index is 13.9. The van der Waals surface area contributed by atoms with Crippen LogP contribution in [0, 0.1) is 11.6 Å². The van der Waals surface area contributed by atoms with Gasteiger partial charge in [-0.1, -0.05) is 29.8 Å². The van der Waals surface area contributed by atoms with Gasteiger partial charge in [-0.25, -0.2) is 18.6 Å². The Hall–Kier alpha value is -3.19. The first kappa shape index (κ1) is 18.6. The first-order valence-corrected chi connectivity index (χ1v) is 8.09. The molecule has 0 radical (unpaired) electrons. The number of benzene rings is 2. The van der Waals surface area contributed by atoms with E-state index in [9.17, 15) is 18.7 Å². The molecule has 1 aromatic heterocycles. The van der Waals surface area contributed by atoms with E-state index in [0.29, 0.717) is 11.1 Å². The highest BCUT2D eigenvalue weighted by molar-refractivity contribution is 6.31. The number of aromatic nitrogens is 1. The Morgan fingerprint density at radius 3 is 2.63 bits per heavy atom. The molecule has 0 saturated heterocycles. The van der Waals surface area contributed by atoms with E-state index >= 15 is 0 Å². The Morgan fingerprint density at radius 2 is 1.89 bits per heavy atom. The molecular weight excluding hydrogens is 378 g/mol. The monoisotopic (exact) mass is 390 g/mol. The van der Waals surface area contributed by atoms with Crippen LogP contribution in [0.3, 0.4) is 0 Å². The Balaban J connectivity index is 1.94. The van der Waals surface area contributed by atoms with Gasteiger partial charge in [-0.2, -0.15) is 0 Å². The van der Waals surface area contributed by atoms with Crippen LogP contribution in [-0.4, -0.2) is 16.1 Å². The molecule has 0 atom stereocenters. The van der Waals surface area contributed by atoms with Gasteiger partial charge < -0.3 is 15.6 Å². The highest BCUT2D eigenvalue weighted by Crippen LogP contribution is 2.31. The molecule has 2 aromatic carbocycles. The van der Waals surface area contributed by atoms with Gasteiger partial charge in [-0.15, -0.1) is 0 Å². The number of nitrogen functional groups attached to an aromatic ring is 1. The molecule has 5 nitrogen and oxygen atoms in total. The van der Waals surface area contributed by atoms with Crippen molar-refractivity contribution in [2.45, 2.75) is 6.61 Å². The average molecular weight is 391 g/mol. The number of halogens is 3. The van der Waals surface area contributed by atoms with Crippen LogP contribution in [0.5, 0.6) is 5.75 Å². The Bertz CT molecular complexity index is 1030. The Kier molecular flexibility index (Phi) is 5.23. The molecule has 0 aliphatic carbocycles. The number of nitrogens with zero attached hydrogens (tertiary/aromatic N) is 1. The van der Waals surface area contributed by atoms with Crippen LogP contribution in [-0.2, 0) is 6.61 Å². The predicted octanol–water partition coefficient (Wildman–Crippen LogP) is 4.54. The summed E-state index contributed by atoms with van der Waals surface area (Å²) in [6.45, 7) is -0.377. The molecule has 0 unspecified atom stereocenters. The zero-order valence-corrected chi connectivity index (χ0v) is 14.5. The van der Waals surface area contributed by atoms with Gasteiger partial charge in [0.2, 0.25) is 0 Å². The molecule has 0 aliphatic rings. The smallest absolute Gasteiger partial charge is 0.336 e. The van der Waals surface area contributed by atoms with Gasteiger partial charge in [0.05, 0.1) is 10.6 Å². The maximum atomic E-state index is 13.9. The fourth-order valence-electron chi connectivity index (χ4n) is 2.49. The lowest BCUT2D eigenvalue weighted by atomic mass is 10.0. The molecule has 0 saturated carbocycles. The lowest BCUT2D eigenvalue weighted by molar-refractivity contribution is 0.0697. The number of hydrogen-bond donors (Lipinski definition) is 2. The summed E-state index contributed by atoms with van der Waals surface area (Å²) in [6, 6.07) is 9.70. The summed E-state index contributed by atoms with van der Waals surface area (Å²) in [5, 5.41) is 8.94. The fourth-order valence-corrected chi connectivity index (χ4v) is 2.70. The summed E-state index contributed by atoms with van der Waals surface area (Å²) in [4.78, 5) is 15.4. The fraction of sp³-hybridized carbons (Fsp3) is 0.0526. The zero-order chi connectivity index (χ0) is 19.6. The molecule has 0 aliphatic heterocycles. The van der Waals surface area contributed by atoms with Crippen LogP contribution < -0.4 is 10.5 Å². The van der Waals surface area contributed by atoms with Crippen molar-refractivity contribution in [2.75, 3.05) is 5.73 Å². The van der Waals surface area contributed by atoms with Crippen LogP contribution in [0.1, 0.15) is 15.9 Å². The SMILES string of the molecule is Nc1ncc(-c2ccccc2C(=O)O)cc1OCc1c(F)ccc(F)c1Cl. The van der Waals surface area contributed by atoms with E-state index in [1.807, 2.05) is 0 Å². The third-order valence-electron chi connectivity index (χ3n) is 3.86. The van der Waals surface area contributed by atoms with Crippen molar-refractivity contribution in [1.29, 1.82) is 0 Å². The zero-order valence-electron chi connectivity index (χ0n) is 13.7. The highest BCUT2D eigenvalue weighted by atomic mass is 35.5. The second kappa shape index (κ2) is 7.59. The summed E-state index contributed by atoms with van der Waals surface area (Å²) < 4.78 is 32.9. The van der Waals surface area contributed by atoms with Crippen molar-refractivity contribution in [3.8, 4) is 16.9 Å². The molecule has 0 bridgehead atoms. The molecule has 0 spiro atoms. The molecule has 0 fully saturated rings. The molecular formula is C19H13ClF2N2O3. The van der Waals surface area contributed by atoms with E-state index in [0.717, 1.165) is 12.1 Å². The molecule has 8 heteroatoms. The first-order chi connectivity index (χ1) is 12.9. The number of carboxylic acids is 1. The van der Waals surface area contributed by atoms with Crippen molar-refractivity contribution >= 4 is 23.4 Å².